The van der Waals surface area contributed by atoms with E-state index in [1.807, 2.05) is 9.97 Å². The molecule has 48 heavy (non-hydrogen) atoms. The summed E-state index contributed by atoms with van der Waals surface area (Å²) in [6.07, 6.45) is 1.51. The molecule has 0 saturated heterocycles. The molecule has 0 aliphatic carbocycles. The van der Waals surface area contributed by atoms with Gasteiger partial charge in [-0.2, -0.15) is 5.11 Å². The van der Waals surface area contributed by atoms with E-state index in [2.05, 4.69) is 63.7 Å². The fraction of sp³-hybridized carbons (Fsp3) is 0.424. The number of aromatic nitrogens is 2. The van der Waals surface area contributed by atoms with Crippen LogP contribution in [0.2, 0.25) is 0 Å². The third kappa shape index (κ3) is 11.3. The maximum Gasteiger partial charge on any atom is 0.328 e. The quantitative estimate of drug-likeness (QED) is 0.0877. The van der Waals surface area contributed by atoms with E-state index in [4.69, 9.17) is 0 Å². The van der Waals surface area contributed by atoms with Crippen molar-refractivity contribution in [2.75, 3.05) is 57.7 Å². The molecule has 15 nitrogen and oxygen atoms in total. The number of benzene rings is 2. The second-order valence-electron chi connectivity index (χ2n) is 10.9. The van der Waals surface area contributed by atoms with Gasteiger partial charge >= 0.3 is 5.69 Å². The fourth-order valence-corrected chi connectivity index (χ4v) is 4.80. The Kier molecular flexibility index (Phi) is 14.7. The topological polar surface area (TPSA) is 204 Å². The Morgan fingerprint density at radius 3 is 1.65 bits per heavy atom. The highest BCUT2D eigenvalue weighted by Gasteiger charge is 2.17. The summed E-state index contributed by atoms with van der Waals surface area (Å²) in [5.41, 5.74) is -1.08. The number of amides is 3. The lowest BCUT2D eigenvalue weighted by Crippen LogP contribution is -2.31. The molecule has 0 fully saturated rings. The van der Waals surface area contributed by atoms with Gasteiger partial charge in [0.1, 0.15) is 0 Å². The van der Waals surface area contributed by atoms with Gasteiger partial charge in [-0.05, 0) is 94.6 Å². The second-order valence-corrected chi connectivity index (χ2v) is 10.9. The van der Waals surface area contributed by atoms with Crippen LogP contribution in [0.3, 0.4) is 0 Å². The summed E-state index contributed by atoms with van der Waals surface area (Å²) < 4.78 is 0. The van der Waals surface area contributed by atoms with Gasteiger partial charge in [0.15, 0.2) is 0 Å². The van der Waals surface area contributed by atoms with E-state index >= 15 is 0 Å². The zero-order valence-electron chi connectivity index (χ0n) is 27.9. The highest BCUT2D eigenvalue weighted by molar-refractivity contribution is 6.08. The first-order valence-electron chi connectivity index (χ1n) is 16.1. The van der Waals surface area contributed by atoms with Gasteiger partial charge in [0.05, 0.1) is 5.69 Å². The molecule has 258 valence electrons. The predicted octanol–water partition coefficient (Wildman–Crippen LogP) is 3.36. The first-order chi connectivity index (χ1) is 23.1. The van der Waals surface area contributed by atoms with Crippen molar-refractivity contribution in [3.8, 4) is 5.88 Å². The van der Waals surface area contributed by atoms with E-state index in [0.717, 1.165) is 52.1 Å². The number of hydrogen-bond acceptors (Lipinski definition) is 10. The first kappa shape index (κ1) is 37.3. The predicted molar refractivity (Wildman–Crippen MR) is 184 cm³/mol. The third-order valence-corrected chi connectivity index (χ3v) is 7.67. The van der Waals surface area contributed by atoms with E-state index in [0.29, 0.717) is 18.8 Å². The lowest BCUT2D eigenvalue weighted by molar-refractivity contribution is 0.0951. The Morgan fingerprint density at radius 1 is 0.708 bits per heavy atom. The molecule has 1 heterocycles. The smallest absolute Gasteiger partial charge is 0.328 e. The van der Waals surface area contributed by atoms with Crippen LogP contribution in [0.25, 0.3) is 0 Å². The average molecular weight is 664 g/mol. The summed E-state index contributed by atoms with van der Waals surface area (Å²) in [6.45, 7) is 14.6. The molecule has 6 N–H and O–H groups in total. The molecule has 0 spiro atoms. The Labute approximate surface area is 278 Å². The summed E-state index contributed by atoms with van der Waals surface area (Å²) >= 11 is 0. The molecule has 15 heteroatoms. The molecule has 0 bridgehead atoms. The van der Waals surface area contributed by atoms with Crippen LogP contribution >= 0.6 is 0 Å². The Balaban J connectivity index is 1.75. The van der Waals surface area contributed by atoms with Gasteiger partial charge in [-0.15, -0.1) is 5.11 Å². The number of aromatic hydroxyl groups is 1. The largest absolute Gasteiger partial charge is 0.493 e. The summed E-state index contributed by atoms with van der Waals surface area (Å²) in [7, 11) is 0. The number of nitrogens with one attached hydrogen (secondary N) is 5. The zero-order chi connectivity index (χ0) is 35.1. The molecular weight excluding hydrogens is 618 g/mol. The van der Waals surface area contributed by atoms with Crippen LogP contribution < -0.4 is 27.2 Å². The Bertz CT molecular complexity index is 1630. The van der Waals surface area contributed by atoms with E-state index < -0.39 is 28.7 Å². The molecule has 1 aromatic heterocycles. The lowest BCUT2D eigenvalue weighted by Gasteiger charge is -2.18. The van der Waals surface area contributed by atoms with Crippen molar-refractivity contribution in [2.45, 2.75) is 40.5 Å². The average Bonchev–Trinajstić information content (AvgIpc) is 3.08. The number of aromatic amines is 2. The van der Waals surface area contributed by atoms with Crippen LogP contribution in [0, 0.1) is 0 Å². The highest BCUT2D eigenvalue weighted by Crippen LogP contribution is 2.22. The minimum Gasteiger partial charge on any atom is -0.493 e. The number of rotatable bonds is 18. The van der Waals surface area contributed by atoms with Gasteiger partial charge in [0, 0.05) is 35.5 Å². The Morgan fingerprint density at radius 2 is 1.19 bits per heavy atom. The standard InChI is InChI=1S/C33H45N9O6/c1-5-41(6-2)17-9-15-34-28(43)22-19-23(29(44)35-16-10-18-42(7-3)8-4)21-24(20-22)30(45)36-25-11-13-26(14-12-25)39-40-27-31(46)37-33(48)38-32(27)47/h11-14,19-21H,5-10,15-18H2,1-4H3,(H,34,43)(H,35,44)(H,36,45)(H3,37,38,46,47,48). The van der Waals surface area contributed by atoms with Crippen LogP contribution in [0.1, 0.15) is 71.6 Å². The van der Waals surface area contributed by atoms with E-state index in [9.17, 15) is 29.1 Å². The molecular formula is C33H45N9O6. The number of carbonyl (C=O) groups is 3. The van der Waals surface area contributed by atoms with E-state index in [1.54, 1.807) is 12.1 Å². The van der Waals surface area contributed by atoms with Crippen LogP contribution in [-0.2, 0) is 0 Å². The molecule has 0 saturated carbocycles. The molecule has 2 aromatic carbocycles. The van der Waals surface area contributed by atoms with Crippen molar-refractivity contribution in [1.29, 1.82) is 0 Å². The maximum atomic E-state index is 13.3. The van der Waals surface area contributed by atoms with Crippen LogP contribution in [0.15, 0.2) is 62.3 Å². The number of carbonyl (C=O) groups excluding carboxylic acids is 3. The molecule has 0 aliphatic heterocycles. The van der Waals surface area contributed by atoms with E-state index in [-0.39, 0.29) is 34.2 Å². The van der Waals surface area contributed by atoms with Gasteiger partial charge in [0.25, 0.3) is 23.3 Å². The summed E-state index contributed by atoms with van der Waals surface area (Å²) in [4.78, 5) is 71.2. The lowest BCUT2D eigenvalue weighted by atomic mass is 10.0. The number of azo groups is 1. The number of anilines is 1. The summed E-state index contributed by atoms with van der Waals surface area (Å²) in [5.74, 6) is -2.04. The molecule has 0 atom stereocenters. The van der Waals surface area contributed by atoms with Crippen LogP contribution in [-0.4, -0.2) is 95.0 Å². The number of nitrogens with zero attached hydrogens (tertiary/aromatic N) is 4. The van der Waals surface area contributed by atoms with Crippen molar-refractivity contribution in [3.63, 3.8) is 0 Å². The van der Waals surface area contributed by atoms with Gasteiger partial charge < -0.3 is 30.9 Å². The van der Waals surface area contributed by atoms with Crippen molar-refractivity contribution in [3.05, 3.63) is 80.0 Å². The van der Waals surface area contributed by atoms with Crippen molar-refractivity contribution in [2.24, 2.45) is 10.2 Å². The normalized spacial score (nSPS) is 11.3. The molecule has 3 rings (SSSR count). The molecule has 0 radical (unpaired) electrons. The maximum absolute atomic E-state index is 13.3. The molecule has 0 unspecified atom stereocenters. The molecule has 3 amide bonds. The first-order valence-corrected chi connectivity index (χ1v) is 16.1. The van der Waals surface area contributed by atoms with Crippen molar-refractivity contribution in [1.82, 2.24) is 30.4 Å². The highest BCUT2D eigenvalue weighted by atomic mass is 16.3. The van der Waals surface area contributed by atoms with Gasteiger partial charge in [-0.25, -0.2) is 4.79 Å². The fourth-order valence-electron chi connectivity index (χ4n) is 4.80. The van der Waals surface area contributed by atoms with Crippen LogP contribution in [0.5, 0.6) is 5.88 Å². The van der Waals surface area contributed by atoms with Crippen molar-refractivity contribution >= 4 is 34.8 Å². The minimum absolute atomic E-state index is 0.121. The van der Waals surface area contributed by atoms with Gasteiger partial charge in [0.2, 0.25) is 11.6 Å². The zero-order valence-corrected chi connectivity index (χ0v) is 27.9. The van der Waals surface area contributed by atoms with Crippen molar-refractivity contribution < 1.29 is 19.5 Å². The monoisotopic (exact) mass is 663 g/mol. The number of H-pyrrole nitrogens is 2. The minimum atomic E-state index is -0.910. The third-order valence-electron chi connectivity index (χ3n) is 7.67. The molecule has 0 aliphatic rings. The van der Waals surface area contributed by atoms with Gasteiger partial charge in [-0.3, -0.25) is 29.1 Å². The second kappa shape index (κ2) is 18.9. The summed E-state index contributed by atoms with van der Waals surface area (Å²) in [6, 6.07) is 10.5. The van der Waals surface area contributed by atoms with Gasteiger partial charge in [-0.1, -0.05) is 27.7 Å². The number of hydrogen-bond donors (Lipinski definition) is 6. The van der Waals surface area contributed by atoms with E-state index in [1.165, 1.54) is 30.3 Å². The Hall–Kier alpha value is -5.15. The molecule has 3 aromatic rings. The van der Waals surface area contributed by atoms with Crippen LogP contribution in [0.4, 0.5) is 17.1 Å². The SMILES string of the molecule is CCN(CC)CCCNC(=O)c1cc(C(=O)NCCCN(CC)CC)cc(C(=O)Nc2ccc(N=Nc3c(O)[nH]c(=O)[nH]c3=O)cc2)c1. The summed E-state index contributed by atoms with van der Waals surface area (Å²) in [5, 5.41) is 25.9.